The van der Waals surface area contributed by atoms with E-state index in [1.165, 1.54) is 25.0 Å². The first-order valence-electron chi connectivity index (χ1n) is 6.97. The van der Waals surface area contributed by atoms with Crippen LogP contribution in [0.15, 0.2) is 24.3 Å². The Balaban J connectivity index is 2.09. The van der Waals surface area contributed by atoms with E-state index in [1.54, 1.807) is 12.1 Å². The number of aliphatic hydroxyl groups excluding tert-OH is 1. The molecule has 1 aromatic carbocycles. The van der Waals surface area contributed by atoms with Crippen molar-refractivity contribution in [3.63, 3.8) is 0 Å². The summed E-state index contributed by atoms with van der Waals surface area (Å²) in [5.74, 6) is 0.130. The van der Waals surface area contributed by atoms with Crippen LogP contribution in [-0.2, 0) is 5.54 Å². The quantitative estimate of drug-likeness (QED) is 0.844. The number of aliphatic hydroxyl groups is 1. The molecule has 3 nitrogen and oxygen atoms in total. The summed E-state index contributed by atoms with van der Waals surface area (Å²) in [7, 11) is 0. The average Bonchev–Trinajstić information content (AvgIpc) is 2.91. The van der Waals surface area contributed by atoms with E-state index in [1.807, 2.05) is 6.92 Å². The van der Waals surface area contributed by atoms with Gasteiger partial charge in [0.25, 0.3) is 0 Å². The van der Waals surface area contributed by atoms with Crippen LogP contribution in [0.2, 0.25) is 0 Å². The van der Waals surface area contributed by atoms with Gasteiger partial charge in [0.2, 0.25) is 0 Å². The van der Waals surface area contributed by atoms with Gasteiger partial charge in [-0.1, -0.05) is 25.0 Å². The molecule has 0 bridgehead atoms. The van der Waals surface area contributed by atoms with E-state index < -0.39 is 12.2 Å². The molecule has 1 aromatic rings. The van der Waals surface area contributed by atoms with E-state index in [9.17, 15) is 13.9 Å². The molecule has 1 aliphatic rings. The summed E-state index contributed by atoms with van der Waals surface area (Å²) >= 11 is 0. The second-order valence-corrected chi connectivity index (χ2v) is 5.52. The summed E-state index contributed by atoms with van der Waals surface area (Å²) < 4.78 is 28.6. The lowest BCUT2D eigenvalue weighted by Gasteiger charge is -2.33. The van der Waals surface area contributed by atoms with Crippen molar-refractivity contribution in [2.45, 2.75) is 50.8 Å². The Morgan fingerprint density at radius 1 is 1.30 bits per heavy atom. The number of halogens is 2. The Bertz CT molecular complexity index is 418. The van der Waals surface area contributed by atoms with Gasteiger partial charge in [-0.15, -0.1) is 0 Å². The van der Waals surface area contributed by atoms with Crippen LogP contribution in [0.3, 0.4) is 0 Å². The molecule has 1 unspecified atom stereocenters. The summed E-state index contributed by atoms with van der Waals surface area (Å²) in [6.45, 7) is -0.936. The highest BCUT2D eigenvalue weighted by Crippen LogP contribution is 2.27. The van der Waals surface area contributed by atoms with Crippen LogP contribution in [0.25, 0.3) is 0 Å². The molecule has 112 valence electrons. The molecule has 1 saturated carbocycles. The second kappa shape index (κ2) is 6.50. The minimum atomic E-state index is -2.82. The third-order valence-electron chi connectivity index (χ3n) is 3.91. The third kappa shape index (κ3) is 3.67. The molecular formula is C15H21F2NO2. The lowest BCUT2D eigenvalue weighted by molar-refractivity contribution is -0.0498. The summed E-state index contributed by atoms with van der Waals surface area (Å²) in [4.78, 5) is 0. The van der Waals surface area contributed by atoms with Gasteiger partial charge in [0.1, 0.15) is 5.75 Å². The molecule has 1 fully saturated rings. The normalized spacial score (nSPS) is 19.2. The first kappa shape index (κ1) is 15.2. The topological polar surface area (TPSA) is 41.5 Å². The van der Waals surface area contributed by atoms with Crippen LogP contribution in [-0.4, -0.2) is 24.4 Å². The van der Waals surface area contributed by atoms with Gasteiger partial charge >= 0.3 is 6.61 Å². The van der Waals surface area contributed by atoms with Crippen LogP contribution in [0, 0.1) is 0 Å². The van der Waals surface area contributed by atoms with E-state index in [0.29, 0.717) is 6.04 Å². The number of alkyl halides is 2. The fraction of sp³-hybridized carbons (Fsp3) is 0.600. The zero-order valence-corrected chi connectivity index (χ0v) is 11.6. The Labute approximate surface area is 117 Å². The van der Waals surface area contributed by atoms with Crippen molar-refractivity contribution in [3.8, 4) is 5.75 Å². The highest BCUT2D eigenvalue weighted by Gasteiger charge is 2.30. The maximum atomic E-state index is 12.1. The molecule has 0 aliphatic heterocycles. The third-order valence-corrected chi connectivity index (χ3v) is 3.91. The SMILES string of the molecule is CC(CO)(NC1CCCC1)c1ccc(OC(F)F)cc1. The number of hydrogen-bond donors (Lipinski definition) is 2. The Hall–Kier alpha value is -1.20. The number of benzene rings is 1. The first-order chi connectivity index (χ1) is 9.53. The molecule has 1 atom stereocenters. The van der Waals surface area contributed by atoms with Crippen molar-refractivity contribution in [2.75, 3.05) is 6.61 Å². The second-order valence-electron chi connectivity index (χ2n) is 5.52. The number of hydrogen-bond acceptors (Lipinski definition) is 3. The van der Waals surface area contributed by atoms with Gasteiger partial charge in [-0.3, -0.25) is 0 Å². The molecule has 1 aliphatic carbocycles. The molecule has 0 saturated heterocycles. The Kier molecular flexibility index (Phi) is 4.94. The monoisotopic (exact) mass is 285 g/mol. The van der Waals surface area contributed by atoms with Gasteiger partial charge in [-0.25, -0.2) is 0 Å². The van der Waals surface area contributed by atoms with Crippen LogP contribution in [0.1, 0.15) is 38.2 Å². The van der Waals surface area contributed by atoms with Crippen molar-refractivity contribution >= 4 is 0 Å². The molecule has 0 amide bonds. The zero-order valence-electron chi connectivity index (χ0n) is 11.6. The minimum absolute atomic E-state index is 0.0431. The van der Waals surface area contributed by atoms with Gasteiger partial charge in [-0.2, -0.15) is 8.78 Å². The van der Waals surface area contributed by atoms with Gasteiger partial charge in [0.15, 0.2) is 0 Å². The van der Waals surface area contributed by atoms with Crippen molar-refractivity contribution in [1.29, 1.82) is 0 Å². The van der Waals surface area contributed by atoms with Crippen LogP contribution < -0.4 is 10.1 Å². The first-order valence-corrected chi connectivity index (χ1v) is 6.97. The van der Waals surface area contributed by atoms with E-state index in [-0.39, 0.29) is 12.4 Å². The Morgan fingerprint density at radius 2 is 1.90 bits per heavy atom. The van der Waals surface area contributed by atoms with Crippen molar-refractivity contribution in [2.24, 2.45) is 0 Å². The molecule has 20 heavy (non-hydrogen) atoms. The number of rotatable bonds is 6. The number of nitrogens with one attached hydrogen (secondary N) is 1. The summed E-state index contributed by atoms with van der Waals surface area (Å²) in [5.41, 5.74) is 0.312. The van der Waals surface area contributed by atoms with Crippen molar-refractivity contribution in [3.05, 3.63) is 29.8 Å². The molecule has 0 spiro atoms. The van der Waals surface area contributed by atoms with E-state index >= 15 is 0 Å². The minimum Gasteiger partial charge on any atom is -0.435 e. The lowest BCUT2D eigenvalue weighted by atomic mass is 9.91. The number of ether oxygens (including phenoxy) is 1. The maximum absolute atomic E-state index is 12.1. The van der Waals surface area contributed by atoms with E-state index in [4.69, 9.17) is 0 Å². The lowest BCUT2D eigenvalue weighted by Crippen LogP contribution is -2.47. The summed E-state index contributed by atoms with van der Waals surface area (Å²) in [6, 6.07) is 6.85. The zero-order chi connectivity index (χ0) is 14.6. The summed E-state index contributed by atoms with van der Waals surface area (Å²) in [5, 5.41) is 13.2. The maximum Gasteiger partial charge on any atom is 0.387 e. The molecule has 5 heteroatoms. The van der Waals surface area contributed by atoms with Gasteiger partial charge in [0.05, 0.1) is 12.1 Å². The molecule has 0 heterocycles. The predicted octanol–water partition coefficient (Wildman–Crippen LogP) is 3.03. The van der Waals surface area contributed by atoms with Gasteiger partial charge < -0.3 is 15.2 Å². The smallest absolute Gasteiger partial charge is 0.387 e. The predicted molar refractivity (Wildman–Crippen MR) is 72.9 cm³/mol. The van der Waals surface area contributed by atoms with Crippen LogP contribution in [0.4, 0.5) is 8.78 Å². The highest BCUT2D eigenvalue weighted by molar-refractivity contribution is 5.32. The molecule has 0 radical (unpaired) electrons. The van der Waals surface area contributed by atoms with Gasteiger partial charge in [0, 0.05) is 6.04 Å². The molecule has 2 rings (SSSR count). The molecule has 0 aromatic heterocycles. The largest absolute Gasteiger partial charge is 0.435 e. The standard InChI is InChI=1S/C15H21F2NO2/c1-15(10-19,18-12-4-2-3-5-12)11-6-8-13(9-7-11)20-14(16)17/h6-9,12,14,18-19H,2-5,10H2,1H3. The average molecular weight is 285 g/mol. The van der Waals surface area contributed by atoms with Crippen LogP contribution >= 0.6 is 0 Å². The van der Waals surface area contributed by atoms with E-state index in [0.717, 1.165) is 18.4 Å². The highest BCUT2D eigenvalue weighted by atomic mass is 19.3. The van der Waals surface area contributed by atoms with Crippen LogP contribution in [0.5, 0.6) is 5.75 Å². The van der Waals surface area contributed by atoms with Crippen molar-refractivity contribution < 1.29 is 18.6 Å². The molecule has 2 N–H and O–H groups in total. The Morgan fingerprint density at radius 3 is 2.40 bits per heavy atom. The van der Waals surface area contributed by atoms with E-state index in [2.05, 4.69) is 10.1 Å². The van der Waals surface area contributed by atoms with Gasteiger partial charge in [-0.05, 0) is 37.5 Å². The fourth-order valence-electron chi connectivity index (χ4n) is 2.75. The van der Waals surface area contributed by atoms with Crippen molar-refractivity contribution in [1.82, 2.24) is 5.32 Å². The fourth-order valence-corrected chi connectivity index (χ4v) is 2.75. The molecular weight excluding hydrogens is 264 g/mol. The summed E-state index contributed by atoms with van der Waals surface area (Å²) in [6.07, 6.45) is 4.64.